The number of hydrogen-bond acceptors (Lipinski definition) is 4. The molecule has 5 nitrogen and oxygen atoms in total. The largest absolute Gasteiger partial charge is 0.320 e. The van der Waals surface area contributed by atoms with E-state index < -0.39 is 5.62 Å². The molecule has 0 amide bonds. The molecule has 2 heterocycles. The number of Topliss-reactive ketones (excluding diaryl/α,β-unsaturated/α-hetero) is 1. The summed E-state index contributed by atoms with van der Waals surface area (Å²) in [7, 11) is 0. The van der Waals surface area contributed by atoms with Crippen molar-refractivity contribution in [2.75, 3.05) is 4.90 Å². The number of fused-ring (bicyclic) bond motifs is 1. The highest BCUT2D eigenvalue weighted by atomic mass is 35.5. The lowest BCUT2D eigenvalue weighted by Gasteiger charge is -2.36. The zero-order chi connectivity index (χ0) is 15.1. The number of H-pyrrole nitrogens is 1. The Morgan fingerprint density at radius 3 is 2.71 bits per heavy atom. The number of aliphatic imine (C=N–C) groups is 1. The highest BCUT2D eigenvalue weighted by molar-refractivity contribution is 6.23. The molecule has 1 aliphatic carbocycles. The van der Waals surface area contributed by atoms with Crippen LogP contribution in [-0.4, -0.2) is 28.6 Å². The first-order chi connectivity index (χ1) is 10.0. The summed E-state index contributed by atoms with van der Waals surface area (Å²) in [6, 6.07) is 0.293. The SMILES string of the molecule is CC(=O)c1c(C)c2c([nH]c1=O)N(C1CCCC1)C(Cl)N=C2. The first kappa shape index (κ1) is 14.3. The van der Waals surface area contributed by atoms with Gasteiger partial charge >= 0.3 is 0 Å². The van der Waals surface area contributed by atoms with Crippen molar-refractivity contribution >= 4 is 29.4 Å². The van der Waals surface area contributed by atoms with Gasteiger partial charge < -0.3 is 9.88 Å². The van der Waals surface area contributed by atoms with Gasteiger partial charge in [0.2, 0.25) is 0 Å². The second-order valence-electron chi connectivity index (χ2n) is 5.71. The lowest BCUT2D eigenvalue weighted by molar-refractivity contribution is 0.101. The minimum absolute atomic E-state index is 0.208. The minimum atomic E-state index is -0.501. The molecule has 0 saturated heterocycles. The van der Waals surface area contributed by atoms with Gasteiger partial charge in [0, 0.05) is 17.8 Å². The molecule has 1 N–H and O–H groups in total. The Morgan fingerprint density at radius 2 is 2.10 bits per heavy atom. The minimum Gasteiger partial charge on any atom is -0.320 e. The molecule has 2 aliphatic rings. The smallest absolute Gasteiger partial charge is 0.260 e. The van der Waals surface area contributed by atoms with E-state index >= 15 is 0 Å². The third kappa shape index (κ3) is 2.29. The number of carbonyl (C=O) groups is 1. The number of anilines is 1. The van der Waals surface area contributed by atoms with Gasteiger partial charge in [-0.3, -0.25) is 14.6 Å². The highest BCUT2D eigenvalue weighted by Gasteiger charge is 2.33. The molecule has 1 aromatic heterocycles. The van der Waals surface area contributed by atoms with Crippen molar-refractivity contribution in [3.05, 3.63) is 27.0 Å². The first-order valence-corrected chi connectivity index (χ1v) is 7.67. The number of ketones is 1. The highest BCUT2D eigenvalue weighted by Crippen LogP contribution is 2.35. The Kier molecular flexibility index (Phi) is 3.61. The average Bonchev–Trinajstić information content (AvgIpc) is 2.91. The molecule has 1 unspecified atom stereocenters. The number of aromatic nitrogens is 1. The third-order valence-electron chi connectivity index (χ3n) is 4.38. The van der Waals surface area contributed by atoms with Crippen LogP contribution in [0.1, 0.15) is 54.1 Å². The van der Waals surface area contributed by atoms with E-state index in [4.69, 9.17) is 11.6 Å². The predicted molar refractivity (Wildman–Crippen MR) is 83.8 cm³/mol. The lowest BCUT2D eigenvalue weighted by atomic mass is 10.0. The van der Waals surface area contributed by atoms with Crippen LogP contribution in [0.3, 0.4) is 0 Å². The molecule has 0 aromatic carbocycles. The van der Waals surface area contributed by atoms with E-state index in [2.05, 4.69) is 9.98 Å². The molecular weight excluding hydrogens is 290 g/mol. The number of nitrogens with zero attached hydrogens (tertiary/aromatic N) is 2. The number of aromatic amines is 1. The van der Waals surface area contributed by atoms with E-state index in [1.54, 1.807) is 13.1 Å². The normalized spacial score (nSPS) is 21.7. The molecule has 1 fully saturated rings. The molecular formula is C15H18ClN3O2. The van der Waals surface area contributed by atoms with Gasteiger partial charge in [-0.05, 0) is 32.3 Å². The molecule has 1 aliphatic heterocycles. The summed E-state index contributed by atoms with van der Waals surface area (Å²) in [4.78, 5) is 33.1. The Balaban J connectivity index is 2.17. The topological polar surface area (TPSA) is 65.5 Å². The molecule has 6 heteroatoms. The van der Waals surface area contributed by atoms with Gasteiger partial charge in [-0.15, -0.1) is 0 Å². The number of pyridine rings is 1. The van der Waals surface area contributed by atoms with Crippen molar-refractivity contribution in [2.45, 2.75) is 51.2 Å². The number of carbonyl (C=O) groups excluding carboxylic acids is 1. The fourth-order valence-corrected chi connectivity index (χ4v) is 3.67. The molecule has 1 saturated carbocycles. The first-order valence-electron chi connectivity index (χ1n) is 7.24. The monoisotopic (exact) mass is 307 g/mol. The van der Waals surface area contributed by atoms with Crippen molar-refractivity contribution in [2.24, 2.45) is 4.99 Å². The molecule has 1 aromatic rings. The van der Waals surface area contributed by atoms with Gasteiger partial charge in [-0.25, -0.2) is 0 Å². The second-order valence-corrected chi connectivity index (χ2v) is 6.10. The Bertz CT molecular complexity index is 674. The van der Waals surface area contributed by atoms with Gasteiger partial charge in [-0.1, -0.05) is 24.4 Å². The van der Waals surface area contributed by atoms with E-state index in [1.807, 2.05) is 4.90 Å². The van der Waals surface area contributed by atoms with Crippen LogP contribution in [0, 0.1) is 6.92 Å². The maximum Gasteiger partial charge on any atom is 0.260 e. The molecule has 112 valence electrons. The van der Waals surface area contributed by atoms with Crippen molar-refractivity contribution in [3.8, 4) is 0 Å². The summed E-state index contributed by atoms with van der Waals surface area (Å²) < 4.78 is 0. The van der Waals surface area contributed by atoms with E-state index in [-0.39, 0.29) is 16.9 Å². The van der Waals surface area contributed by atoms with Crippen molar-refractivity contribution in [1.29, 1.82) is 0 Å². The number of hydrogen-bond donors (Lipinski definition) is 1. The lowest BCUT2D eigenvalue weighted by Crippen LogP contribution is -2.43. The predicted octanol–water partition coefficient (Wildman–Crippen LogP) is 2.59. The van der Waals surface area contributed by atoms with Crippen LogP contribution in [0.2, 0.25) is 0 Å². The van der Waals surface area contributed by atoms with E-state index in [0.29, 0.717) is 17.4 Å². The van der Waals surface area contributed by atoms with Crippen molar-refractivity contribution in [3.63, 3.8) is 0 Å². The molecule has 0 spiro atoms. The van der Waals surface area contributed by atoms with Crippen LogP contribution in [0.4, 0.5) is 5.82 Å². The summed E-state index contributed by atoms with van der Waals surface area (Å²) in [6.07, 6.45) is 6.09. The van der Waals surface area contributed by atoms with Gasteiger partial charge in [0.1, 0.15) is 5.82 Å². The number of rotatable bonds is 2. The second kappa shape index (κ2) is 5.30. The number of nitrogens with one attached hydrogen (secondary N) is 1. The summed E-state index contributed by atoms with van der Waals surface area (Å²) in [5.74, 6) is 0.467. The Labute approximate surface area is 128 Å². The molecule has 1 atom stereocenters. The maximum atomic E-state index is 12.2. The zero-order valence-corrected chi connectivity index (χ0v) is 12.9. The van der Waals surface area contributed by atoms with E-state index in [9.17, 15) is 9.59 Å². The van der Waals surface area contributed by atoms with Crippen LogP contribution in [0.15, 0.2) is 9.79 Å². The Morgan fingerprint density at radius 1 is 1.43 bits per heavy atom. The van der Waals surface area contributed by atoms with Gasteiger partial charge in [-0.2, -0.15) is 0 Å². The van der Waals surface area contributed by atoms with Gasteiger partial charge in [0.05, 0.1) is 5.56 Å². The number of halogens is 1. The van der Waals surface area contributed by atoms with Crippen LogP contribution in [0.25, 0.3) is 0 Å². The zero-order valence-electron chi connectivity index (χ0n) is 12.1. The summed E-state index contributed by atoms with van der Waals surface area (Å²) >= 11 is 6.34. The summed E-state index contributed by atoms with van der Waals surface area (Å²) in [6.45, 7) is 3.20. The maximum absolute atomic E-state index is 12.2. The standard InChI is InChI=1S/C15H18ClN3O2/c1-8-11-7-17-15(16)19(10-5-3-4-6-10)13(11)18-14(21)12(8)9(2)20/h7,10,15H,3-6H2,1-2H3,(H,18,21). The third-order valence-corrected chi connectivity index (χ3v) is 4.70. The molecule has 21 heavy (non-hydrogen) atoms. The fourth-order valence-electron chi connectivity index (χ4n) is 3.36. The number of alkyl halides is 1. The van der Waals surface area contributed by atoms with E-state index in [1.165, 1.54) is 19.8 Å². The summed E-state index contributed by atoms with van der Waals surface area (Å²) in [5.41, 5.74) is 0.833. The van der Waals surface area contributed by atoms with Gasteiger partial charge in [0.15, 0.2) is 11.4 Å². The van der Waals surface area contributed by atoms with Crippen molar-refractivity contribution < 1.29 is 4.79 Å². The quantitative estimate of drug-likeness (QED) is 0.519. The van der Waals surface area contributed by atoms with Crippen molar-refractivity contribution in [1.82, 2.24) is 4.98 Å². The summed E-state index contributed by atoms with van der Waals surface area (Å²) in [5, 5.41) is 0. The molecule has 0 radical (unpaired) electrons. The molecule has 3 rings (SSSR count). The van der Waals surface area contributed by atoms with Crippen LogP contribution >= 0.6 is 11.6 Å². The molecule has 0 bridgehead atoms. The average molecular weight is 308 g/mol. The fraction of sp³-hybridized carbons (Fsp3) is 0.533. The van der Waals surface area contributed by atoms with Gasteiger partial charge in [0.25, 0.3) is 5.56 Å². The van der Waals surface area contributed by atoms with Crippen LogP contribution in [-0.2, 0) is 0 Å². The Hall–Kier alpha value is -1.62. The van der Waals surface area contributed by atoms with Crippen LogP contribution in [0.5, 0.6) is 0 Å². The van der Waals surface area contributed by atoms with E-state index in [0.717, 1.165) is 18.4 Å². The van der Waals surface area contributed by atoms with Crippen LogP contribution < -0.4 is 10.5 Å².